The van der Waals surface area contributed by atoms with Gasteiger partial charge in [0.1, 0.15) is 5.82 Å². The fourth-order valence-electron chi connectivity index (χ4n) is 2.07. The first-order chi connectivity index (χ1) is 10.5. The maximum Gasteiger partial charge on any atom is 0.249 e. The van der Waals surface area contributed by atoms with Crippen molar-refractivity contribution in [2.75, 3.05) is 13.6 Å². The fourth-order valence-corrected chi connectivity index (χ4v) is 2.07. The van der Waals surface area contributed by atoms with Gasteiger partial charge in [-0.05, 0) is 43.5 Å². The van der Waals surface area contributed by atoms with Crippen molar-refractivity contribution in [1.82, 2.24) is 10.2 Å². The minimum atomic E-state index is -0.306. The Morgan fingerprint density at radius 1 is 1.32 bits per heavy atom. The summed E-state index contributed by atoms with van der Waals surface area (Å²) in [7, 11) is 1.68. The van der Waals surface area contributed by atoms with Gasteiger partial charge in [0.2, 0.25) is 11.8 Å². The molecule has 0 saturated heterocycles. The topological polar surface area (TPSA) is 49.4 Å². The third kappa shape index (κ3) is 4.98. The van der Waals surface area contributed by atoms with Crippen LogP contribution in [-0.2, 0) is 9.59 Å². The summed E-state index contributed by atoms with van der Waals surface area (Å²) in [6.07, 6.45) is 4.13. The second-order valence-electron chi connectivity index (χ2n) is 5.70. The highest BCUT2D eigenvalue weighted by molar-refractivity contribution is 5.97. The van der Waals surface area contributed by atoms with Gasteiger partial charge in [0.05, 0.1) is 0 Å². The Labute approximate surface area is 130 Å². The number of nitrogens with one attached hydrogen (secondary N) is 1. The van der Waals surface area contributed by atoms with E-state index >= 15 is 0 Å². The van der Waals surface area contributed by atoms with Gasteiger partial charge in [-0.1, -0.05) is 12.1 Å². The van der Waals surface area contributed by atoms with Crippen LogP contribution in [-0.4, -0.2) is 36.3 Å². The SMILES string of the molecule is C/C(=C\c1ccc(F)cc1)C(=O)N(C)CCC(=O)NC1CC1. The lowest BCUT2D eigenvalue weighted by Gasteiger charge is -2.17. The van der Waals surface area contributed by atoms with E-state index in [1.54, 1.807) is 32.2 Å². The fraction of sp³-hybridized carbons (Fsp3) is 0.412. The van der Waals surface area contributed by atoms with Gasteiger partial charge in [-0.3, -0.25) is 9.59 Å². The van der Waals surface area contributed by atoms with Gasteiger partial charge in [0.15, 0.2) is 0 Å². The van der Waals surface area contributed by atoms with Crippen molar-refractivity contribution in [2.45, 2.75) is 32.2 Å². The number of amides is 2. The smallest absolute Gasteiger partial charge is 0.249 e. The lowest BCUT2D eigenvalue weighted by atomic mass is 10.1. The number of hydrogen-bond acceptors (Lipinski definition) is 2. The molecule has 0 atom stereocenters. The van der Waals surface area contributed by atoms with Gasteiger partial charge >= 0.3 is 0 Å². The first-order valence-electron chi connectivity index (χ1n) is 7.44. The summed E-state index contributed by atoms with van der Waals surface area (Å²) in [5.74, 6) is -0.453. The van der Waals surface area contributed by atoms with Crippen LogP contribution < -0.4 is 5.32 Å². The van der Waals surface area contributed by atoms with E-state index in [4.69, 9.17) is 0 Å². The van der Waals surface area contributed by atoms with Crippen LogP contribution in [0.25, 0.3) is 6.08 Å². The molecule has 1 N–H and O–H groups in total. The Kier molecular flexibility index (Phi) is 5.31. The predicted molar refractivity (Wildman–Crippen MR) is 83.5 cm³/mol. The van der Waals surface area contributed by atoms with Crippen LogP contribution in [0.3, 0.4) is 0 Å². The lowest BCUT2D eigenvalue weighted by Crippen LogP contribution is -2.33. The van der Waals surface area contributed by atoms with Gasteiger partial charge in [0, 0.05) is 31.6 Å². The van der Waals surface area contributed by atoms with Crippen LogP contribution in [0.4, 0.5) is 4.39 Å². The first kappa shape index (κ1) is 16.2. The minimum Gasteiger partial charge on any atom is -0.353 e. The molecular weight excluding hydrogens is 283 g/mol. The molecule has 1 fully saturated rings. The van der Waals surface area contributed by atoms with Crippen LogP contribution in [0, 0.1) is 5.82 Å². The van der Waals surface area contributed by atoms with E-state index in [0.717, 1.165) is 18.4 Å². The molecule has 0 aliphatic heterocycles. The molecule has 0 spiro atoms. The Hall–Kier alpha value is -2.17. The van der Waals surface area contributed by atoms with Crippen molar-refractivity contribution in [3.8, 4) is 0 Å². The zero-order chi connectivity index (χ0) is 16.1. The Morgan fingerprint density at radius 2 is 1.95 bits per heavy atom. The number of likely N-dealkylation sites (N-methyl/N-ethyl adjacent to an activating group) is 1. The Balaban J connectivity index is 1.85. The molecule has 22 heavy (non-hydrogen) atoms. The zero-order valence-corrected chi connectivity index (χ0v) is 12.9. The summed E-state index contributed by atoms with van der Waals surface area (Å²) in [6, 6.07) is 6.30. The molecule has 0 bridgehead atoms. The standard InChI is InChI=1S/C17H21FN2O2/c1-12(11-13-3-5-14(18)6-4-13)17(22)20(2)10-9-16(21)19-15-7-8-15/h3-6,11,15H,7-10H2,1-2H3,(H,19,21)/b12-11+. The quantitative estimate of drug-likeness (QED) is 0.820. The van der Waals surface area contributed by atoms with E-state index in [0.29, 0.717) is 24.6 Å². The molecule has 0 aromatic heterocycles. The third-order valence-electron chi connectivity index (χ3n) is 3.55. The van der Waals surface area contributed by atoms with Crippen LogP contribution in [0.5, 0.6) is 0 Å². The predicted octanol–water partition coefficient (Wildman–Crippen LogP) is 2.36. The van der Waals surface area contributed by atoms with Crippen LogP contribution in [0.1, 0.15) is 31.7 Å². The van der Waals surface area contributed by atoms with Crippen LogP contribution in [0.2, 0.25) is 0 Å². The Bertz CT molecular complexity index is 577. The van der Waals surface area contributed by atoms with Crippen molar-refractivity contribution >= 4 is 17.9 Å². The molecule has 0 heterocycles. The van der Waals surface area contributed by atoms with E-state index < -0.39 is 0 Å². The molecule has 0 radical (unpaired) electrons. The average molecular weight is 304 g/mol. The van der Waals surface area contributed by atoms with Crippen LogP contribution >= 0.6 is 0 Å². The number of nitrogens with zero attached hydrogens (tertiary/aromatic N) is 1. The van der Waals surface area contributed by atoms with E-state index in [1.807, 2.05) is 0 Å². The van der Waals surface area contributed by atoms with E-state index in [-0.39, 0.29) is 17.6 Å². The first-order valence-corrected chi connectivity index (χ1v) is 7.44. The molecule has 1 aromatic carbocycles. The molecule has 5 heteroatoms. The molecule has 1 aliphatic carbocycles. The number of benzene rings is 1. The molecule has 4 nitrogen and oxygen atoms in total. The molecule has 1 aromatic rings. The average Bonchev–Trinajstić information content (AvgIpc) is 3.30. The summed E-state index contributed by atoms with van der Waals surface area (Å²) >= 11 is 0. The third-order valence-corrected chi connectivity index (χ3v) is 3.55. The number of hydrogen-bond donors (Lipinski definition) is 1. The van der Waals surface area contributed by atoms with Crippen molar-refractivity contribution in [2.24, 2.45) is 0 Å². The highest BCUT2D eigenvalue weighted by atomic mass is 19.1. The van der Waals surface area contributed by atoms with Crippen LogP contribution in [0.15, 0.2) is 29.8 Å². The number of carbonyl (C=O) groups is 2. The van der Waals surface area contributed by atoms with Gasteiger partial charge in [-0.2, -0.15) is 0 Å². The number of carbonyl (C=O) groups excluding carboxylic acids is 2. The number of rotatable bonds is 6. The zero-order valence-electron chi connectivity index (χ0n) is 12.9. The van der Waals surface area contributed by atoms with Gasteiger partial charge in [-0.25, -0.2) is 4.39 Å². The molecule has 2 rings (SSSR count). The largest absolute Gasteiger partial charge is 0.353 e. The molecule has 1 saturated carbocycles. The molecule has 118 valence electrons. The van der Waals surface area contributed by atoms with Gasteiger partial charge in [0.25, 0.3) is 0 Å². The van der Waals surface area contributed by atoms with Gasteiger partial charge in [-0.15, -0.1) is 0 Å². The molecule has 2 amide bonds. The lowest BCUT2D eigenvalue weighted by molar-refractivity contribution is -0.127. The minimum absolute atomic E-state index is 0.0117. The van der Waals surface area contributed by atoms with E-state index in [1.165, 1.54) is 17.0 Å². The van der Waals surface area contributed by atoms with Crippen molar-refractivity contribution in [3.63, 3.8) is 0 Å². The summed E-state index contributed by atoms with van der Waals surface area (Å²) < 4.78 is 12.8. The molecule has 0 unspecified atom stereocenters. The summed E-state index contributed by atoms with van der Waals surface area (Å²) in [5.41, 5.74) is 1.32. The number of halogens is 1. The summed E-state index contributed by atoms with van der Waals surface area (Å²) in [5, 5.41) is 2.90. The van der Waals surface area contributed by atoms with E-state index in [2.05, 4.69) is 5.32 Å². The maximum absolute atomic E-state index is 12.8. The van der Waals surface area contributed by atoms with Crippen molar-refractivity contribution < 1.29 is 14.0 Å². The monoisotopic (exact) mass is 304 g/mol. The molecular formula is C17H21FN2O2. The molecule has 1 aliphatic rings. The van der Waals surface area contributed by atoms with Gasteiger partial charge < -0.3 is 10.2 Å². The maximum atomic E-state index is 12.8. The Morgan fingerprint density at radius 3 is 2.55 bits per heavy atom. The highest BCUT2D eigenvalue weighted by Gasteiger charge is 2.23. The second kappa shape index (κ2) is 7.20. The normalized spacial score (nSPS) is 14.6. The summed E-state index contributed by atoms with van der Waals surface area (Å²) in [4.78, 5) is 25.4. The highest BCUT2D eigenvalue weighted by Crippen LogP contribution is 2.18. The van der Waals surface area contributed by atoms with E-state index in [9.17, 15) is 14.0 Å². The summed E-state index contributed by atoms with van der Waals surface area (Å²) in [6.45, 7) is 2.10. The second-order valence-corrected chi connectivity index (χ2v) is 5.70. The van der Waals surface area contributed by atoms with Crippen molar-refractivity contribution in [1.29, 1.82) is 0 Å². The van der Waals surface area contributed by atoms with Crippen molar-refractivity contribution in [3.05, 3.63) is 41.2 Å².